The molecule has 0 aliphatic rings. The van der Waals surface area contributed by atoms with Gasteiger partial charge < -0.3 is 10.1 Å². The molecular formula is C14H17F2NO3. The number of methoxy groups -OCH3 is 1. The summed E-state index contributed by atoms with van der Waals surface area (Å²) in [5, 5.41) is 2.38. The summed E-state index contributed by atoms with van der Waals surface area (Å²) in [6, 6.07) is 2.39. The minimum Gasteiger partial charge on any atom is -0.467 e. The first-order chi connectivity index (χ1) is 9.42. The second kappa shape index (κ2) is 6.98. The van der Waals surface area contributed by atoms with Crippen molar-refractivity contribution in [2.75, 3.05) is 7.11 Å². The highest BCUT2D eigenvalue weighted by Crippen LogP contribution is 2.14. The number of rotatable bonds is 5. The molecule has 0 bridgehead atoms. The summed E-state index contributed by atoms with van der Waals surface area (Å²) in [5.41, 5.74) is -0.442. The normalized spacial score (nSPS) is 13.4. The van der Waals surface area contributed by atoms with E-state index < -0.39 is 35.1 Å². The van der Waals surface area contributed by atoms with Crippen molar-refractivity contribution < 1.29 is 23.1 Å². The van der Waals surface area contributed by atoms with Gasteiger partial charge in [0.25, 0.3) is 5.91 Å². The summed E-state index contributed by atoms with van der Waals surface area (Å²) in [5.74, 6) is -4.01. The van der Waals surface area contributed by atoms with Gasteiger partial charge in [-0.3, -0.25) is 4.79 Å². The van der Waals surface area contributed by atoms with Gasteiger partial charge >= 0.3 is 5.97 Å². The predicted molar refractivity (Wildman–Crippen MR) is 69.1 cm³/mol. The molecule has 0 saturated heterocycles. The van der Waals surface area contributed by atoms with E-state index in [0.717, 1.165) is 12.1 Å². The van der Waals surface area contributed by atoms with E-state index in [2.05, 4.69) is 10.1 Å². The highest BCUT2D eigenvalue weighted by molar-refractivity contribution is 5.97. The number of carbonyl (C=O) groups excluding carboxylic acids is 2. The molecule has 1 amide bonds. The summed E-state index contributed by atoms with van der Waals surface area (Å²) < 4.78 is 31.2. The molecule has 0 fully saturated rings. The van der Waals surface area contributed by atoms with E-state index in [9.17, 15) is 18.4 Å². The van der Waals surface area contributed by atoms with Crippen LogP contribution in [0.3, 0.4) is 0 Å². The van der Waals surface area contributed by atoms with Gasteiger partial charge in [0.1, 0.15) is 6.04 Å². The lowest BCUT2D eigenvalue weighted by molar-refractivity contribution is -0.144. The zero-order valence-corrected chi connectivity index (χ0v) is 11.6. The lowest BCUT2D eigenvalue weighted by Crippen LogP contribution is -2.45. The standard InChI is InChI=1S/C14H17F2NO3/c1-4-8(2)12(14(19)20-3)17-13(18)9-6-5-7-10(15)11(9)16/h5-8,12H,4H2,1-3H3,(H,17,18)/t8-,12+/m0/s1. The largest absolute Gasteiger partial charge is 0.467 e. The van der Waals surface area contributed by atoms with Crippen molar-refractivity contribution in [3.05, 3.63) is 35.4 Å². The molecule has 1 N–H and O–H groups in total. The molecule has 110 valence electrons. The van der Waals surface area contributed by atoms with E-state index in [4.69, 9.17) is 0 Å². The van der Waals surface area contributed by atoms with Crippen LogP contribution >= 0.6 is 0 Å². The Kier molecular flexibility index (Phi) is 5.61. The third kappa shape index (κ3) is 3.53. The van der Waals surface area contributed by atoms with E-state index in [0.29, 0.717) is 6.42 Å². The first-order valence-corrected chi connectivity index (χ1v) is 6.25. The molecule has 1 aromatic rings. The average Bonchev–Trinajstić information content (AvgIpc) is 2.45. The quantitative estimate of drug-likeness (QED) is 0.844. The molecule has 0 aliphatic heterocycles. The highest BCUT2D eigenvalue weighted by Gasteiger charge is 2.28. The number of amides is 1. The van der Waals surface area contributed by atoms with Crippen LogP contribution in [0.4, 0.5) is 8.78 Å². The zero-order valence-electron chi connectivity index (χ0n) is 11.6. The van der Waals surface area contributed by atoms with Gasteiger partial charge in [-0.05, 0) is 18.1 Å². The Morgan fingerprint density at radius 3 is 2.55 bits per heavy atom. The fourth-order valence-electron chi connectivity index (χ4n) is 1.69. The maximum Gasteiger partial charge on any atom is 0.328 e. The fraction of sp³-hybridized carbons (Fsp3) is 0.429. The number of carbonyl (C=O) groups is 2. The van der Waals surface area contributed by atoms with Crippen LogP contribution in [-0.2, 0) is 9.53 Å². The smallest absolute Gasteiger partial charge is 0.328 e. The highest BCUT2D eigenvalue weighted by atomic mass is 19.2. The fourth-order valence-corrected chi connectivity index (χ4v) is 1.69. The molecule has 1 rings (SSSR count). The molecule has 0 spiro atoms. The number of halogens is 2. The molecule has 1 aromatic carbocycles. The second-order valence-corrected chi connectivity index (χ2v) is 4.46. The van der Waals surface area contributed by atoms with Gasteiger partial charge in [-0.15, -0.1) is 0 Å². The molecule has 0 radical (unpaired) electrons. The maximum absolute atomic E-state index is 13.5. The van der Waals surface area contributed by atoms with E-state index >= 15 is 0 Å². The van der Waals surface area contributed by atoms with E-state index in [1.165, 1.54) is 13.2 Å². The van der Waals surface area contributed by atoms with Crippen molar-refractivity contribution in [2.45, 2.75) is 26.3 Å². The van der Waals surface area contributed by atoms with Crippen molar-refractivity contribution in [3.63, 3.8) is 0 Å². The topological polar surface area (TPSA) is 55.4 Å². The van der Waals surface area contributed by atoms with Crippen LogP contribution in [0.5, 0.6) is 0 Å². The summed E-state index contributed by atoms with van der Waals surface area (Å²) in [6.45, 7) is 3.60. The third-order valence-electron chi connectivity index (χ3n) is 3.15. The van der Waals surface area contributed by atoms with Crippen molar-refractivity contribution in [3.8, 4) is 0 Å². The Morgan fingerprint density at radius 1 is 1.35 bits per heavy atom. The molecule has 6 heteroatoms. The van der Waals surface area contributed by atoms with Gasteiger partial charge in [0.2, 0.25) is 0 Å². The number of benzene rings is 1. The van der Waals surface area contributed by atoms with Gasteiger partial charge in [-0.2, -0.15) is 0 Å². The molecule has 4 nitrogen and oxygen atoms in total. The summed E-state index contributed by atoms with van der Waals surface area (Å²) in [7, 11) is 1.20. The molecular weight excluding hydrogens is 268 g/mol. The molecule has 0 heterocycles. The number of ether oxygens (including phenoxy) is 1. The Balaban J connectivity index is 2.96. The van der Waals surface area contributed by atoms with Crippen LogP contribution in [0.2, 0.25) is 0 Å². The van der Waals surface area contributed by atoms with E-state index in [1.807, 2.05) is 6.92 Å². The molecule has 2 atom stereocenters. The Bertz CT molecular complexity index is 505. The van der Waals surface area contributed by atoms with E-state index in [-0.39, 0.29) is 5.92 Å². The van der Waals surface area contributed by atoms with Gasteiger partial charge in [-0.25, -0.2) is 13.6 Å². The van der Waals surface area contributed by atoms with Crippen LogP contribution in [0.25, 0.3) is 0 Å². The van der Waals surface area contributed by atoms with Crippen molar-refractivity contribution in [2.24, 2.45) is 5.92 Å². The third-order valence-corrected chi connectivity index (χ3v) is 3.15. The summed E-state index contributed by atoms with van der Waals surface area (Å²) in [4.78, 5) is 23.6. The van der Waals surface area contributed by atoms with Gasteiger partial charge in [0.15, 0.2) is 11.6 Å². The van der Waals surface area contributed by atoms with Gasteiger partial charge in [-0.1, -0.05) is 26.3 Å². The number of hydrogen-bond donors (Lipinski definition) is 1. The summed E-state index contributed by atoms with van der Waals surface area (Å²) >= 11 is 0. The van der Waals surface area contributed by atoms with Crippen molar-refractivity contribution in [1.82, 2.24) is 5.32 Å². The molecule has 0 saturated carbocycles. The van der Waals surface area contributed by atoms with Crippen LogP contribution < -0.4 is 5.32 Å². The van der Waals surface area contributed by atoms with Crippen LogP contribution in [0.1, 0.15) is 30.6 Å². The van der Waals surface area contributed by atoms with Crippen molar-refractivity contribution in [1.29, 1.82) is 0 Å². The monoisotopic (exact) mass is 285 g/mol. The molecule has 0 aliphatic carbocycles. The Morgan fingerprint density at radius 2 is 2.00 bits per heavy atom. The molecule has 0 unspecified atom stereocenters. The minimum absolute atomic E-state index is 0.192. The Labute approximate surface area is 116 Å². The van der Waals surface area contributed by atoms with Crippen molar-refractivity contribution >= 4 is 11.9 Å². The first-order valence-electron chi connectivity index (χ1n) is 6.25. The summed E-state index contributed by atoms with van der Waals surface area (Å²) in [6.07, 6.45) is 0.617. The number of esters is 1. The zero-order chi connectivity index (χ0) is 15.3. The van der Waals surface area contributed by atoms with Gasteiger partial charge in [0, 0.05) is 0 Å². The average molecular weight is 285 g/mol. The minimum atomic E-state index is -1.24. The predicted octanol–water partition coefficient (Wildman–Crippen LogP) is 2.28. The number of hydrogen-bond acceptors (Lipinski definition) is 3. The van der Waals surface area contributed by atoms with E-state index in [1.54, 1.807) is 6.92 Å². The lowest BCUT2D eigenvalue weighted by Gasteiger charge is -2.21. The first kappa shape index (κ1) is 16.1. The SMILES string of the molecule is CC[C@H](C)[C@@H](NC(=O)c1cccc(F)c1F)C(=O)OC. The lowest BCUT2D eigenvalue weighted by atomic mass is 9.98. The number of nitrogens with one attached hydrogen (secondary N) is 1. The van der Waals surface area contributed by atoms with Gasteiger partial charge in [0.05, 0.1) is 12.7 Å². The second-order valence-electron chi connectivity index (χ2n) is 4.46. The molecule has 0 aromatic heterocycles. The van der Waals surface area contributed by atoms with Crippen LogP contribution in [-0.4, -0.2) is 25.0 Å². The Hall–Kier alpha value is -1.98. The molecule has 20 heavy (non-hydrogen) atoms. The van der Waals surface area contributed by atoms with Crippen LogP contribution in [0, 0.1) is 17.6 Å². The van der Waals surface area contributed by atoms with Crippen LogP contribution in [0.15, 0.2) is 18.2 Å². The maximum atomic E-state index is 13.5.